The molecule has 1 aliphatic rings. The molecule has 1 aromatic heterocycles. The summed E-state index contributed by atoms with van der Waals surface area (Å²) in [5.41, 5.74) is 0. The van der Waals surface area contributed by atoms with Crippen LogP contribution in [-0.4, -0.2) is 39.0 Å². The lowest BCUT2D eigenvalue weighted by Gasteiger charge is -2.29. The molecule has 0 unspecified atom stereocenters. The van der Waals surface area contributed by atoms with Crippen LogP contribution >= 0.6 is 11.3 Å². The van der Waals surface area contributed by atoms with Crippen molar-refractivity contribution in [3.05, 3.63) is 17.0 Å². The molecular weight excluding hydrogens is 272 g/mol. The van der Waals surface area contributed by atoms with Gasteiger partial charge in [0.1, 0.15) is 15.2 Å². The first-order valence-electron chi connectivity index (χ1n) is 5.61. The fraction of sp³-hybridized carbons (Fsp3) is 0.545. The van der Waals surface area contributed by atoms with Crippen molar-refractivity contribution in [2.75, 3.05) is 20.2 Å². The fourth-order valence-corrected chi connectivity index (χ4v) is 4.68. The van der Waals surface area contributed by atoms with Crippen LogP contribution in [0.3, 0.4) is 0 Å². The molecule has 0 bridgehead atoms. The molecular formula is C11H14N2O3S2. The van der Waals surface area contributed by atoms with Crippen molar-refractivity contribution in [2.24, 2.45) is 0 Å². The van der Waals surface area contributed by atoms with Gasteiger partial charge in [0.25, 0.3) is 10.0 Å². The third-order valence-electron chi connectivity index (χ3n) is 3.02. The third-order valence-corrected chi connectivity index (χ3v) is 6.38. The molecule has 0 aromatic carbocycles. The van der Waals surface area contributed by atoms with Gasteiger partial charge in [-0.3, -0.25) is 0 Å². The Morgan fingerprint density at radius 2 is 2.11 bits per heavy atom. The number of sulfonamides is 1. The summed E-state index contributed by atoms with van der Waals surface area (Å²) < 4.78 is 31.5. The van der Waals surface area contributed by atoms with Crippen LogP contribution in [0, 0.1) is 11.3 Å². The van der Waals surface area contributed by atoms with Crippen molar-refractivity contribution in [2.45, 2.75) is 23.2 Å². The van der Waals surface area contributed by atoms with Gasteiger partial charge in [0.2, 0.25) is 0 Å². The number of methoxy groups -OCH3 is 1. The minimum atomic E-state index is -3.44. The Hall–Kier alpha value is -0.940. The Morgan fingerprint density at radius 3 is 2.61 bits per heavy atom. The molecule has 0 amide bonds. The highest BCUT2D eigenvalue weighted by Crippen LogP contribution is 2.27. The van der Waals surface area contributed by atoms with Crippen LogP contribution in [0.5, 0.6) is 0 Å². The summed E-state index contributed by atoms with van der Waals surface area (Å²) in [6, 6.07) is 5.00. The molecule has 98 valence electrons. The maximum absolute atomic E-state index is 12.3. The Balaban J connectivity index is 2.15. The van der Waals surface area contributed by atoms with Crippen LogP contribution in [0.15, 0.2) is 16.3 Å². The monoisotopic (exact) mass is 286 g/mol. The quantitative estimate of drug-likeness (QED) is 0.842. The number of rotatable bonds is 3. The van der Waals surface area contributed by atoms with E-state index in [0.29, 0.717) is 30.8 Å². The van der Waals surface area contributed by atoms with Gasteiger partial charge in [0.15, 0.2) is 0 Å². The lowest BCUT2D eigenvalue weighted by molar-refractivity contribution is 0.0605. The van der Waals surface area contributed by atoms with Crippen LogP contribution in [0.25, 0.3) is 0 Å². The van der Waals surface area contributed by atoms with E-state index in [-0.39, 0.29) is 10.3 Å². The van der Waals surface area contributed by atoms with Crippen LogP contribution in [0.4, 0.5) is 0 Å². The summed E-state index contributed by atoms with van der Waals surface area (Å²) in [4.78, 5) is 0.417. The first-order chi connectivity index (χ1) is 8.57. The van der Waals surface area contributed by atoms with E-state index in [1.165, 1.54) is 10.4 Å². The van der Waals surface area contributed by atoms with E-state index < -0.39 is 10.0 Å². The Bertz CT molecular complexity index is 551. The van der Waals surface area contributed by atoms with E-state index in [0.717, 1.165) is 11.3 Å². The highest BCUT2D eigenvalue weighted by atomic mass is 32.2. The number of piperidine rings is 1. The average Bonchev–Trinajstić information content (AvgIpc) is 2.88. The Labute approximate surface area is 111 Å². The number of hydrogen-bond acceptors (Lipinski definition) is 5. The van der Waals surface area contributed by atoms with Gasteiger partial charge in [0, 0.05) is 20.2 Å². The summed E-state index contributed by atoms with van der Waals surface area (Å²) in [6.07, 6.45) is 1.58. The summed E-state index contributed by atoms with van der Waals surface area (Å²) in [5.74, 6) is 0. The number of thiophene rings is 1. The van der Waals surface area contributed by atoms with Gasteiger partial charge in [-0.1, -0.05) is 0 Å². The zero-order valence-corrected chi connectivity index (χ0v) is 11.6. The highest BCUT2D eigenvalue weighted by molar-refractivity contribution is 7.91. The number of nitriles is 1. The van der Waals surface area contributed by atoms with Gasteiger partial charge in [-0.05, 0) is 25.0 Å². The molecule has 0 aliphatic carbocycles. The number of ether oxygens (including phenoxy) is 1. The molecule has 18 heavy (non-hydrogen) atoms. The van der Waals surface area contributed by atoms with Crippen molar-refractivity contribution in [3.63, 3.8) is 0 Å². The van der Waals surface area contributed by atoms with Crippen molar-refractivity contribution >= 4 is 21.4 Å². The molecule has 5 nitrogen and oxygen atoms in total. The molecule has 1 saturated heterocycles. The molecule has 1 fully saturated rings. The zero-order chi connectivity index (χ0) is 13.2. The van der Waals surface area contributed by atoms with Crippen molar-refractivity contribution in [3.8, 4) is 6.07 Å². The second kappa shape index (κ2) is 5.36. The van der Waals surface area contributed by atoms with Crippen molar-refractivity contribution in [1.82, 2.24) is 4.31 Å². The molecule has 0 atom stereocenters. The van der Waals surface area contributed by atoms with E-state index in [2.05, 4.69) is 0 Å². The molecule has 0 spiro atoms. The van der Waals surface area contributed by atoms with E-state index in [4.69, 9.17) is 10.00 Å². The van der Waals surface area contributed by atoms with E-state index in [1.54, 1.807) is 13.2 Å². The number of nitrogens with zero attached hydrogens (tertiary/aromatic N) is 2. The summed E-state index contributed by atoms with van der Waals surface area (Å²) >= 11 is 1.02. The van der Waals surface area contributed by atoms with Gasteiger partial charge in [-0.15, -0.1) is 11.3 Å². The first kappa shape index (κ1) is 13.5. The average molecular weight is 286 g/mol. The molecule has 0 saturated carbocycles. The maximum atomic E-state index is 12.3. The topological polar surface area (TPSA) is 70.4 Å². The summed E-state index contributed by atoms with van der Waals surface area (Å²) in [5, 5.41) is 8.73. The van der Waals surface area contributed by atoms with Gasteiger partial charge >= 0.3 is 0 Å². The van der Waals surface area contributed by atoms with Gasteiger partial charge < -0.3 is 4.74 Å². The lowest BCUT2D eigenvalue weighted by Crippen LogP contribution is -2.40. The summed E-state index contributed by atoms with van der Waals surface area (Å²) in [7, 11) is -1.79. The molecule has 0 N–H and O–H groups in total. The standard InChI is InChI=1S/C11H14N2O3S2/c1-16-9-4-6-13(7-5-9)18(14,15)11-3-2-10(8-12)17-11/h2-3,9H,4-7H2,1H3. The van der Waals surface area contributed by atoms with E-state index in [9.17, 15) is 8.42 Å². The smallest absolute Gasteiger partial charge is 0.252 e. The van der Waals surface area contributed by atoms with Gasteiger partial charge in [-0.2, -0.15) is 9.57 Å². The predicted molar refractivity (Wildman–Crippen MR) is 67.8 cm³/mol. The minimum absolute atomic E-state index is 0.148. The van der Waals surface area contributed by atoms with Gasteiger partial charge in [-0.25, -0.2) is 8.42 Å². The highest BCUT2D eigenvalue weighted by Gasteiger charge is 2.30. The zero-order valence-electron chi connectivity index (χ0n) is 10.00. The molecule has 2 rings (SSSR count). The van der Waals surface area contributed by atoms with Crippen molar-refractivity contribution < 1.29 is 13.2 Å². The maximum Gasteiger partial charge on any atom is 0.252 e. The molecule has 1 aliphatic heterocycles. The van der Waals surface area contributed by atoms with Crippen molar-refractivity contribution in [1.29, 1.82) is 5.26 Å². The normalized spacial score (nSPS) is 18.7. The van der Waals surface area contributed by atoms with Gasteiger partial charge in [0.05, 0.1) is 6.10 Å². The largest absolute Gasteiger partial charge is 0.381 e. The molecule has 2 heterocycles. The molecule has 7 heteroatoms. The molecule has 0 radical (unpaired) electrons. The Morgan fingerprint density at radius 1 is 1.44 bits per heavy atom. The first-order valence-corrected chi connectivity index (χ1v) is 7.86. The summed E-state index contributed by atoms with van der Waals surface area (Å²) in [6.45, 7) is 0.946. The van der Waals surface area contributed by atoms with E-state index >= 15 is 0 Å². The minimum Gasteiger partial charge on any atom is -0.381 e. The molecule has 1 aromatic rings. The SMILES string of the molecule is COC1CCN(S(=O)(=O)c2ccc(C#N)s2)CC1. The predicted octanol–water partition coefficient (Wildman–Crippen LogP) is 1.42. The second-order valence-corrected chi connectivity index (χ2v) is 7.32. The third kappa shape index (κ3) is 2.57. The van der Waals surface area contributed by atoms with Crippen LogP contribution in [0.1, 0.15) is 17.7 Å². The van der Waals surface area contributed by atoms with Crippen LogP contribution < -0.4 is 0 Å². The fourth-order valence-electron chi connectivity index (χ4n) is 1.95. The lowest BCUT2D eigenvalue weighted by atomic mass is 10.1. The van der Waals surface area contributed by atoms with E-state index in [1.807, 2.05) is 6.07 Å². The Kier molecular flexibility index (Phi) is 4.02. The second-order valence-electron chi connectivity index (χ2n) is 4.07. The van der Waals surface area contributed by atoms with Crippen LogP contribution in [0.2, 0.25) is 0 Å². The number of hydrogen-bond donors (Lipinski definition) is 0. The van der Waals surface area contributed by atoms with Crippen LogP contribution in [-0.2, 0) is 14.8 Å².